The summed E-state index contributed by atoms with van der Waals surface area (Å²) in [5, 5.41) is 10.3. The smallest absolute Gasteiger partial charge is 0.462 e. The Balaban J connectivity index is 4.95. The highest BCUT2D eigenvalue weighted by molar-refractivity contribution is 7.47. The molecule has 0 aromatic heterocycles. The third-order valence-electron chi connectivity index (χ3n) is 10.6. The predicted molar refractivity (Wildman–Crippen MR) is 252 cm³/mol. The molecule has 0 bridgehead atoms. The SMILES string of the molecule is CCCCCCCCCCCCCCCCCC(=O)O[C@H](COC(=O)CCCCCCCCC)COP(=O)(O)OC[C@H](O)COP(=O)(O)OC[C@@H](COC(=O)CCCCC)OC(=O)CCC. The van der Waals surface area contributed by atoms with Gasteiger partial charge in [0.1, 0.15) is 19.3 Å². The van der Waals surface area contributed by atoms with Crippen LogP contribution in [0.3, 0.4) is 0 Å². The summed E-state index contributed by atoms with van der Waals surface area (Å²) in [5.74, 6) is -2.24. The molecule has 0 saturated carbocycles. The Morgan fingerprint density at radius 1 is 0.364 bits per heavy atom. The van der Waals surface area contributed by atoms with Crippen molar-refractivity contribution in [3.8, 4) is 0 Å². The van der Waals surface area contributed by atoms with Crippen molar-refractivity contribution in [3.63, 3.8) is 0 Å². The first-order valence-electron chi connectivity index (χ1n) is 25.3. The van der Waals surface area contributed by atoms with Gasteiger partial charge in [-0.1, -0.05) is 169 Å². The van der Waals surface area contributed by atoms with Crippen molar-refractivity contribution in [2.45, 2.75) is 239 Å². The van der Waals surface area contributed by atoms with Crippen LogP contribution in [0, 0.1) is 0 Å². The van der Waals surface area contributed by atoms with E-state index in [0.717, 1.165) is 70.6 Å². The van der Waals surface area contributed by atoms with Crippen molar-refractivity contribution in [1.29, 1.82) is 0 Å². The summed E-state index contributed by atoms with van der Waals surface area (Å²) in [6, 6.07) is 0. The molecule has 0 aliphatic rings. The highest BCUT2D eigenvalue weighted by Crippen LogP contribution is 2.45. The van der Waals surface area contributed by atoms with E-state index in [2.05, 4.69) is 13.8 Å². The summed E-state index contributed by atoms with van der Waals surface area (Å²) >= 11 is 0. The van der Waals surface area contributed by atoms with E-state index in [4.69, 9.17) is 37.0 Å². The zero-order chi connectivity index (χ0) is 49.2. The zero-order valence-electron chi connectivity index (χ0n) is 41.1. The van der Waals surface area contributed by atoms with Gasteiger partial charge in [0.15, 0.2) is 12.2 Å². The first kappa shape index (κ1) is 64.1. The molecule has 3 N–H and O–H groups in total. The molecule has 5 atom stereocenters. The summed E-state index contributed by atoms with van der Waals surface area (Å²) in [6.45, 7) is 4.13. The second-order valence-electron chi connectivity index (χ2n) is 17.1. The summed E-state index contributed by atoms with van der Waals surface area (Å²) in [7, 11) is -9.80. The Hall–Kier alpha value is -1.94. The topological polar surface area (TPSA) is 237 Å². The van der Waals surface area contributed by atoms with E-state index in [1.807, 2.05) is 6.92 Å². The Labute approximate surface area is 397 Å². The van der Waals surface area contributed by atoms with Gasteiger partial charge in [-0.3, -0.25) is 37.3 Å². The molecule has 0 aromatic rings. The number of phosphoric acid groups is 2. The van der Waals surface area contributed by atoms with Crippen molar-refractivity contribution >= 4 is 39.5 Å². The summed E-state index contributed by atoms with van der Waals surface area (Å²) in [5.41, 5.74) is 0. The first-order valence-corrected chi connectivity index (χ1v) is 28.3. The lowest BCUT2D eigenvalue weighted by atomic mass is 10.0. The Kier molecular flexibility index (Phi) is 41.8. The molecule has 0 radical (unpaired) electrons. The molecule has 0 aliphatic heterocycles. The van der Waals surface area contributed by atoms with Crippen LogP contribution in [-0.4, -0.2) is 96.7 Å². The molecule has 0 spiro atoms. The van der Waals surface area contributed by atoms with Crippen LogP contribution < -0.4 is 0 Å². The van der Waals surface area contributed by atoms with Gasteiger partial charge in [-0.25, -0.2) is 9.13 Å². The maximum absolute atomic E-state index is 12.8. The molecule has 0 amide bonds. The van der Waals surface area contributed by atoms with Gasteiger partial charge in [0.05, 0.1) is 26.4 Å². The van der Waals surface area contributed by atoms with Crippen LogP contribution in [-0.2, 0) is 65.4 Å². The molecule has 0 aromatic carbocycles. The van der Waals surface area contributed by atoms with E-state index in [0.29, 0.717) is 25.7 Å². The van der Waals surface area contributed by atoms with Gasteiger partial charge in [0.25, 0.3) is 0 Å². The molecule has 17 nitrogen and oxygen atoms in total. The van der Waals surface area contributed by atoms with E-state index >= 15 is 0 Å². The number of phosphoric ester groups is 2. The lowest BCUT2D eigenvalue weighted by Crippen LogP contribution is -2.30. The summed E-state index contributed by atoms with van der Waals surface area (Å²) < 4.78 is 66.1. The van der Waals surface area contributed by atoms with Gasteiger partial charge in [0, 0.05) is 25.7 Å². The van der Waals surface area contributed by atoms with Gasteiger partial charge >= 0.3 is 39.5 Å². The molecule has 390 valence electrons. The lowest BCUT2D eigenvalue weighted by Gasteiger charge is -2.21. The Bertz CT molecular complexity index is 1320. The molecule has 0 saturated heterocycles. The van der Waals surface area contributed by atoms with Crippen LogP contribution in [0.1, 0.15) is 220 Å². The molecule has 66 heavy (non-hydrogen) atoms. The number of aliphatic hydroxyl groups is 1. The molecule has 0 heterocycles. The number of hydrogen-bond acceptors (Lipinski definition) is 15. The highest BCUT2D eigenvalue weighted by atomic mass is 31.2. The normalized spacial score (nSPS) is 14.7. The number of esters is 4. The van der Waals surface area contributed by atoms with E-state index in [1.54, 1.807) is 6.92 Å². The summed E-state index contributed by atoms with van der Waals surface area (Å²) in [6.07, 6.45) is 23.9. The molecule has 19 heteroatoms. The standard InChI is InChI=1S/C47H90O17P2/c1-5-9-12-14-16-17-18-19-20-21-22-23-25-27-30-34-47(52)64-43(38-58-45(50)33-29-26-24-15-13-10-6-2)40-62-66(55,56)60-36-41(48)35-59-65(53,54)61-39-42(63-46(51)31-8-4)37-57-44(49)32-28-11-7-3/h41-43,48H,5-40H2,1-4H3,(H,53,54)(H,55,56)/t41-,42-,43-/m1/s1. The zero-order valence-corrected chi connectivity index (χ0v) is 42.9. The maximum Gasteiger partial charge on any atom is 0.472 e. The first-order chi connectivity index (χ1) is 31.7. The fourth-order valence-electron chi connectivity index (χ4n) is 6.67. The number of aliphatic hydroxyl groups excluding tert-OH is 1. The molecule has 2 unspecified atom stereocenters. The second kappa shape index (κ2) is 43.1. The minimum absolute atomic E-state index is 0.0526. The van der Waals surface area contributed by atoms with Crippen molar-refractivity contribution in [3.05, 3.63) is 0 Å². The fourth-order valence-corrected chi connectivity index (χ4v) is 8.25. The average molecular weight is 989 g/mol. The monoisotopic (exact) mass is 989 g/mol. The number of carbonyl (C=O) groups excluding carboxylic acids is 4. The minimum Gasteiger partial charge on any atom is -0.462 e. The highest BCUT2D eigenvalue weighted by Gasteiger charge is 2.30. The van der Waals surface area contributed by atoms with E-state index < -0.39 is 97.5 Å². The number of unbranched alkanes of at least 4 members (excludes halogenated alkanes) is 22. The fraction of sp³-hybridized carbons (Fsp3) is 0.915. The number of rotatable bonds is 48. The average Bonchev–Trinajstić information content (AvgIpc) is 3.28. The van der Waals surface area contributed by atoms with E-state index in [1.165, 1.54) is 70.6 Å². The Morgan fingerprint density at radius 3 is 0.985 bits per heavy atom. The maximum atomic E-state index is 12.8. The van der Waals surface area contributed by atoms with Crippen molar-refractivity contribution < 1.29 is 80.2 Å². The number of ether oxygens (including phenoxy) is 4. The van der Waals surface area contributed by atoms with Crippen molar-refractivity contribution in [2.75, 3.05) is 39.6 Å². The van der Waals surface area contributed by atoms with Crippen LogP contribution >= 0.6 is 15.6 Å². The second-order valence-corrected chi connectivity index (χ2v) is 20.0. The van der Waals surface area contributed by atoms with Gasteiger partial charge in [-0.15, -0.1) is 0 Å². The van der Waals surface area contributed by atoms with E-state index in [-0.39, 0.29) is 25.7 Å². The molecule has 0 aliphatic carbocycles. The predicted octanol–water partition coefficient (Wildman–Crippen LogP) is 11.3. The van der Waals surface area contributed by atoms with Crippen LogP contribution in [0.25, 0.3) is 0 Å². The largest absolute Gasteiger partial charge is 0.472 e. The third-order valence-corrected chi connectivity index (χ3v) is 12.5. The van der Waals surface area contributed by atoms with Crippen LogP contribution in [0.4, 0.5) is 0 Å². The lowest BCUT2D eigenvalue weighted by molar-refractivity contribution is -0.161. The Morgan fingerprint density at radius 2 is 0.636 bits per heavy atom. The molecular weight excluding hydrogens is 898 g/mol. The molecule has 0 rings (SSSR count). The van der Waals surface area contributed by atoms with Crippen molar-refractivity contribution in [2.24, 2.45) is 0 Å². The number of carbonyl (C=O) groups is 4. The van der Waals surface area contributed by atoms with Crippen LogP contribution in [0.15, 0.2) is 0 Å². The van der Waals surface area contributed by atoms with E-state index in [9.17, 15) is 43.2 Å². The van der Waals surface area contributed by atoms with Gasteiger partial charge < -0.3 is 33.8 Å². The van der Waals surface area contributed by atoms with Gasteiger partial charge in [-0.2, -0.15) is 0 Å². The number of hydrogen-bond donors (Lipinski definition) is 3. The summed E-state index contributed by atoms with van der Waals surface area (Å²) in [4.78, 5) is 69.9. The van der Waals surface area contributed by atoms with Crippen LogP contribution in [0.5, 0.6) is 0 Å². The van der Waals surface area contributed by atoms with Crippen molar-refractivity contribution in [1.82, 2.24) is 0 Å². The third kappa shape index (κ3) is 42.2. The van der Waals surface area contributed by atoms with Gasteiger partial charge in [-0.05, 0) is 25.7 Å². The minimum atomic E-state index is -4.91. The quantitative estimate of drug-likeness (QED) is 0.0222. The molecule has 0 fully saturated rings. The van der Waals surface area contributed by atoms with Gasteiger partial charge in [0.2, 0.25) is 0 Å². The molecular formula is C47H90O17P2. The van der Waals surface area contributed by atoms with Crippen LogP contribution in [0.2, 0.25) is 0 Å².